The van der Waals surface area contributed by atoms with Crippen molar-refractivity contribution in [1.82, 2.24) is 14.3 Å². The number of nitrogens with zero attached hydrogens (tertiary/aromatic N) is 3. The fourth-order valence-corrected chi connectivity index (χ4v) is 4.62. The van der Waals surface area contributed by atoms with Gasteiger partial charge in [0.05, 0.1) is 5.69 Å². The van der Waals surface area contributed by atoms with Crippen LogP contribution < -0.4 is 5.56 Å². The maximum Gasteiger partial charge on any atom is 0.259 e. The van der Waals surface area contributed by atoms with Gasteiger partial charge >= 0.3 is 0 Å². The Kier molecular flexibility index (Phi) is 3.98. The Morgan fingerprint density at radius 2 is 2.21 bits per heavy atom. The van der Waals surface area contributed by atoms with Gasteiger partial charge in [-0.2, -0.15) is 0 Å². The third-order valence-electron chi connectivity index (χ3n) is 4.91. The SMILES string of the molecule is Cc1csc2nc(CN(C)C3CCCc4ccccc43)cc(=O)n12. The molecule has 124 valence electrons. The lowest BCUT2D eigenvalue weighted by atomic mass is 9.87. The molecule has 0 saturated carbocycles. The summed E-state index contributed by atoms with van der Waals surface area (Å²) in [7, 11) is 2.13. The Hall–Kier alpha value is -1.98. The fraction of sp³-hybridized carbons (Fsp3) is 0.368. The molecule has 0 amide bonds. The molecule has 2 heterocycles. The topological polar surface area (TPSA) is 37.6 Å². The molecule has 0 bridgehead atoms. The molecular formula is C19H21N3OS. The Labute approximate surface area is 145 Å². The van der Waals surface area contributed by atoms with Gasteiger partial charge in [0.15, 0.2) is 4.96 Å². The van der Waals surface area contributed by atoms with E-state index < -0.39 is 0 Å². The Bertz CT molecular complexity index is 943. The molecule has 0 spiro atoms. The molecule has 2 aromatic heterocycles. The van der Waals surface area contributed by atoms with Crippen LogP contribution in [0.15, 0.2) is 40.5 Å². The number of aryl methyl sites for hydroxylation is 2. The van der Waals surface area contributed by atoms with Crippen LogP contribution in [0, 0.1) is 6.92 Å². The van der Waals surface area contributed by atoms with Crippen molar-refractivity contribution in [1.29, 1.82) is 0 Å². The van der Waals surface area contributed by atoms with E-state index in [-0.39, 0.29) is 5.56 Å². The summed E-state index contributed by atoms with van der Waals surface area (Å²) in [4.78, 5) is 20.2. The lowest BCUT2D eigenvalue weighted by Gasteiger charge is -2.33. The van der Waals surface area contributed by atoms with Gasteiger partial charge in [-0.15, -0.1) is 11.3 Å². The maximum atomic E-state index is 12.3. The van der Waals surface area contributed by atoms with Gasteiger partial charge in [0.2, 0.25) is 0 Å². The van der Waals surface area contributed by atoms with Crippen LogP contribution in [0.25, 0.3) is 4.96 Å². The number of thiazole rings is 1. The highest BCUT2D eigenvalue weighted by Crippen LogP contribution is 2.33. The van der Waals surface area contributed by atoms with Crippen molar-refractivity contribution in [2.45, 2.75) is 38.8 Å². The molecule has 0 N–H and O–H groups in total. The summed E-state index contributed by atoms with van der Waals surface area (Å²) >= 11 is 1.53. The van der Waals surface area contributed by atoms with Crippen molar-refractivity contribution in [3.05, 3.63) is 68.6 Å². The second kappa shape index (κ2) is 6.15. The van der Waals surface area contributed by atoms with Crippen LogP contribution in [0.5, 0.6) is 0 Å². The average Bonchev–Trinajstić information content (AvgIpc) is 2.95. The quantitative estimate of drug-likeness (QED) is 0.732. The van der Waals surface area contributed by atoms with Gasteiger partial charge in [0.25, 0.3) is 5.56 Å². The number of hydrogen-bond acceptors (Lipinski definition) is 4. The minimum absolute atomic E-state index is 0.0196. The van der Waals surface area contributed by atoms with E-state index in [1.807, 2.05) is 12.3 Å². The first-order chi connectivity index (χ1) is 11.6. The Morgan fingerprint density at radius 1 is 1.38 bits per heavy atom. The van der Waals surface area contributed by atoms with E-state index in [1.165, 1.54) is 35.3 Å². The van der Waals surface area contributed by atoms with Crippen molar-refractivity contribution >= 4 is 16.3 Å². The molecule has 0 aliphatic heterocycles. The number of benzene rings is 1. The summed E-state index contributed by atoms with van der Waals surface area (Å²) in [5, 5.41) is 1.98. The van der Waals surface area contributed by atoms with Crippen molar-refractivity contribution < 1.29 is 0 Å². The van der Waals surface area contributed by atoms with Crippen LogP contribution in [0.1, 0.15) is 41.4 Å². The summed E-state index contributed by atoms with van der Waals surface area (Å²) in [6.45, 7) is 2.64. The van der Waals surface area contributed by atoms with Crippen molar-refractivity contribution in [3.8, 4) is 0 Å². The minimum Gasteiger partial charge on any atom is -0.294 e. The van der Waals surface area contributed by atoms with E-state index in [1.54, 1.807) is 10.5 Å². The monoisotopic (exact) mass is 339 g/mol. The summed E-state index contributed by atoms with van der Waals surface area (Å²) < 4.78 is 1.68. The van der Waals surface area contributed by atoms with E-state index in [4.69, 9.17) is 0 Å². The van der Waals surface area contributed by atoms with Crippen LogP contribution in [-0.4, -0.2) is 21.3 Å². The molecule has 1 aliphatic carbocycles. The van der Waals surface area contributed by atoms with Crippen LogP contribution in [0.3, 0.4) is 0 Å². The largest absolute Gasteiger partial charge is 0.294 e. The third-order valence-corrected chi connectivity index (χ3v) is 5.85. The standard InChI is InChI=1S/C19H21N3OS/c1-13-12-24-19-20-15(10-18(23)22(13)19)11-21(2)17-9-5-7-14-6-3-4-8-16(14)17/h3-4,6,8,10,12,17H,5,7,9,11H2,1-2H3. The number of aromatic nitrogens is 2. The van der Waals surface area contributed by atoms with E-state index in [0.717, 1.165) is 22.8 Å². The average molecular weight is 339 g/mol. The van der Waals surface area contributed by atoms with Gasteiger partial charge in [-0.1, -0.05) is 24.3 Å². The second-order valence-corrected chi connectivity index (χ2v) is 7.44. The zero-order valence-electron chi connectivity index (χ0n) is 14.0. The van der Waals surface area contributed by atoms with E-state index in [2.05, 4.69) is 41.2 Å². The van der Waals surface area contributed by atoms with Crippen molar-refractivity contribution in [2.24, 2.45) is 0 Å². The van der Waals surface area contributed by atoms with Crippen LogP contribution in [0.4, 0.5) is 0 Å². The zero-order chi connectivity index (χ0) is 16.7. The number of rotatable bonds is 3. The molecule has 1 aromatic carbocycles. The molecule has 0 fully saturated rings. The molecule has 1 unspecified atom stereocenters. The molecule has 3 aromatic rings. The predicted molar refractivity (Wildman–Crippen MR) is 97.7 cm³/mol. The van der Waals surface area contributed by atoms with Gasteiger partial charge in [-0.25, -0.2) is 4.98 Å². The molecule has 4 nitrogen and oxygen atoms in total. The van der Waals surface area contributed by atoms with Gasteiger partial charge in [0, 0.05) is 29.7 Å². The molecule has 5 heteroatoms. The fourth-order valence-electron chi connectivity index (χ4n) is 3.73. The Balaban J connectivity index is 1.63. The van der Waals surface area contributed by atoms with E-state index in [0.29, 0.717) is 12.6 Å². The molecule has 24 heavy (non-hydrogen) atoms. The minimum atomic E-state index is 0.0196. The smallest absolute Gasteiger partial charge is 0.259 e. The lowest BCUT2D eigenvalue weighted by molar-refractivity contribution is 0.211. The van der Waals surface area contributed by atoms with E-state index in [9.17, 15) is 4.79 Å². The number of hydrogen-bond donors (Lipinski definition) is 0. The zero-order valence-corrected chi connectivity index (χ0v) is 14.8. The highest BCUT2D eigenvalue weighted by atomic mass is 32.1. The van der Waals surface area contributed by atoms with Gasteiger partial charge in [-0.05, 0) is 44.4 Å². The highest BCUT2D eigenvalue weighted by Gasteiger charge is 2.23. The Morgan fingerprint density at radius 3 is 3.08 bits per heavy atom. The first-order valence-corrected chi connectivity index (χ1v) is 9.26. The van der Waals surface area contributed by atoms with Crippen LogP contribution >= 0.6 is 11.3 Å². The molecule has 0 saturated heterocycles. The van der Waals surface area contributed by atoms with Crippen molar-refractivity contribution in [2.75, 3.05) is 7.05 Å². The summed E-state index contributed by atoms with van der Waals surface area (Å²) in [6.07, 6.45) is 3.54. The molecule has 4 rings (SSSR count). The van der Waals surface area contributed by atoms with Gasteiger partial charge in [-0.3, -0.25) is 14.1 Å². The summed E-state index contributed by atoms with van der Waals surface area (Å²) in [5.74, 6) is 0. The maximum absolute atomic E-state index is 12.3. The molecule has 0 radical (unpaired) electrons. The predicted octanol–water partition coefficient (Wildman–Crippen LogP) is 3.57. The molecular weight excluding hydrogens is 318 g/mol. The summed E-state index contributed by atoms with van der Waals surface area (Å²) in [5.41, 5.74) is 4.71. The highest BCUT2D eigenvalue weighted by molar-refractivity contribution is 7.15. The van der Waals surface area contributed by atoms with Crippen molar-refractivity contribution in [3.63, 3.8) is 0 Å². The molecule has 1 atom stereocenters. The summed E-state index contributed by atoms with van der Waals surface area (Å²) in [6, 6.07) is 10.8. The first-order valence-electron chi connectivity index (χ1n) is 8.38. The van der Waals surface area contributed by atoms with Crippen LogP contribution in [-0.2, 0) is 13.0 Å². The first kappa shape index (κ1) is 15.5. The normalized spacial score (nSPS) is 17.4. The van der Waals surface area contributed by atoms with Crippen LogP contribution in [0.2, 0.25) is 0 Å². The van der Waals surface area contributed by atoms with Gasteiger partial charge in [0.1, 0.15) is 0 Å². The van der Waals surface area contributed by atoms with E-state index >= 15 is 0 Å². The van der Waals surface area contributed by atoms with Gasteiger partial charge < -0.3 is 0 Å². The second-order valence-electron chi connectivity index (χ2n) is 6.60. The third kappa shape index (κ3) is 2.68. The number of fused-ring (bicyclic) bond motifs is 2. The molecule has 1 aliphatic rings. The lowest BCUT2D eigenvalue weighted by Crippen LogP contribution is -2.28.